The molecule has 0 unspecified atom stereocenters. The van der Waals surface area contributed by atoms with Crippen LogP contribution in [0.1, 0.15) is 6.42 Å². The van der Waals surface area contributed by atoms with E-state index >= 15 is 0 Å². The molecule has 0 radical (unpaired) electrons. The normalized spacial score (nSPS) is 10.6. The molecule has 0 aromatic carbocycles. The van der Waals surface area contributed by atoms with Crippen molar-refractivity contribution in [3.05, 3.63) is 12.2 Å². The van der Waals surface area contributed by atoms with Crippen LogP contribution in [0.4, 0.5) is 0 Å². The van der Waals surface area contributed by atoms with Crippen molar-refractivity contribution < 1.29 is 0 Å². The summed E-state index contributed by atoms with van der Waals surface area (Å²) in [5.41, 5.74) is 0. The van der Waals surface area contributed by atoms with E-state index in [1.165, 1.54) is 0 Å². The van der Waals surface area contributed by atoms with Gasteiger partial charge in [0.2, 0.25) is 0 Å². The first kappa shape index (κ1) is 7.51. The van der Waals surface area contributed by atoms with Gasteiger partial charge in [-0.25, -0.2) is 0 Å². The number of hydrogen-bond donors (Lipinski definition) is 0. The van der Waals surface area contributed by atoms with Crippen LogP contribution in [0.3, 0.4) is 0 Å². The Kier molecular flexibility index (Phi) is 6.98. The predicted octanol–water partition coefficient (Wildman–Crippen LogP) is 2.57. The number of allylic oxidation sites excluding steroid dienone is 2. The second-order valence-corrected chi connectivity index (χ2v) is 2.13. The average molecular weight is 183 g/mol. The fourth-order valence-electron chi connectivity index (χ4n) is 0.244. The van der Waals surface area contributed by atoms with Crippen molar-refractivity contribution in [2.45, 2.75) is 6.42 Å². The second kappa shape index (κ2) is 6.51. The van der Waals surface area contributed by atoms with Crippen LogP contribution in [0.25, 0.3) is 0 Å². The van der Waals surface area contributed by atoms with Gasteiger partial charge in [0.15, 0.2) is 0 Å². The minimum atomic E-state index is 0.726. The van der Waals surface area contributed by atoms with Crippen LogP contribution >= 0.6 is 27.5 Å². The fraction of sp³-hybridized carbons (Fsp3) is 0.600. The van der Waals surface area contributed by atoms with Gasteiger partial charge in [-0.1, -0.05) is 28.1 Å². The van der Waals surface area contributed by atoms with E-state index in [0.29, 0.717) is 0 Å². The molecule has 0 heterocycles. The van der Waals surface area contributed by atoms with Gasteiger partial charge in [-0.2, -0.15) is 0 Å². The maximum Gasteiger partial charge on any atom is 0.0258 e. The molecule has 0 aliphatic rings. The molecule has 0 aliphatic heterocycles. The molecule has 0 rings (SSSR count). The SMILES string of the molecule is ClCCC=CCBr. The van der Waals surface area contributed by atoms with Gasteiger partial charge in [-0.15, -0.1) is 11.6 Å². The van der Waals surface area contributed by atoms with Crippen molar-refractivity contribution in [2.75, 3.05) is 11.2 Å². The third-order valence-corrected chi connectivity index (χ3v) is 1.12. The number of halogens is 2. The summed E-state index contributed by atoms with van der Waals surface area (Å²) in [6, 6.07) is 0. The van der Waals surface area contributed by atoms with Gasteiger partial charge >= 0.3 is 0 Å². The Bertz CT molecular complexity index is 52.0. The fourth-order valence-corrected chi connectivity index (χ4v) is 0.634. The topological polar surface area (TPSA) is 0 Å². The lowest BCUT2D eigenvalue weighted by Gasteiger charge is -1.77. The van der Waals surface area contributed by atoms with E-state index in [2.05, 4.69) is 22.0 Å². The highest BCUT2D eigenvalue weighted by molar-refractivity contribution is 9.09. The molecule has 0 nitrogen and oxygen atoms in total. The zero-order valence-corrected chi connectivity index (χ0v) is 6.37. The van der Waals surface area contributed by atoms with E-state index in [4.69, 9.17) is 11.6 Å². The summed E-state index contributed by atoms with van der Waals surface area (Å²) < 4.78 is 0. The summed E-state index contributed by atoms with van der Waals surface area (Å²) in [7, 11) is 0. The van der Waals surface area contributed by atoms with Crippen LogP contribution < -0.4 is 0 Å². The second-order valence-electron chi connectivity index (χ2n) is 1.10. The van der Waals surface area contributed by atoms with Crippen LogP contribution in [-0.2, 0) is 0 Å². The summed E-state index contributed by atoms with van der Waals surface area (Å²) in [5, 5.41) is 0.934. The molecule has 0 bridgehead atoms. The maximum atomic E-state index is 5.37. The zero-order chi connectivity index (χ0) is 5.54. The molecule has 0 atom stereocenters. The molecule has 7 heavy (non-hydrogen) atoms. The lowest BCUT2D eigenvalue weighted by Crippen LogP contribution is -1.65. The highest BCUT2D eigenvalue weighted by Gasteiger charge is 1.70. The first-order valence-electron chi connectivity index (χ1n) is 2.18. The molecule has 0 aromatic heterocycles. The van der Waals surface area contributed by atoms with Crippen LogP contribution in [0, 0.1) is 0 Å². The lowest BCUT2D eigenvalue weighted by atomic mass is 10.4. The molecular weight excluding hydrogens is 175 g/mol. The molecule has 0 amide bonds. The van der Waals surface area contributed by atoms with Crippen LogP contribution in [0.2, 0.25) is 0 Å². The Balaban J connectivity index is 2.78. The molecule has 0 spiro atoms. The van der Waals surface area contributed by atoms with Crippen LogP contribution in [0.15, 0.2) is 12.2 Å². The Morgan fingerprint density at radius 1 is 1.43 bits per heavy atom. The van der Waals surface area contributed by atoms with E-state index in [1.807, 2.05) is 6.08 Å². The summed E-state index contributed by atoms with van der Waals surface area (Å²) in [6.45, 7) is 0. The first-order chi connectivity index (χ1) is 3.41. The summed E-state index contributed by atoms with van der Waals surface area (Å²) in [4.78, 5) is 0. The minimum absolute atomic E-state index is 0.726. The number of hydrogen-bond acceptors (Lipinski definition) is 0. The monoisotopic (exact) mass is 182 g/mol. The molecule has 2 heteroatoms. The third-order valence-electron chi connectivity index (χ3n) is 0.532. The summed E-state index contributed by atoms with van der Waals surface area (Å²) >= 11 is 8.62. The Morgan fingerprint density at radius 2 is 2.14 bits per heavy atom. The molecule has 0 aromatic rings. The van der Waals surface area contributed by atoms with Gasteiger partial charge in [0, 0.05) is 11.2 Å². The minimum Gasteiger partial charge on any atom is -0.126 e. The molecule has 42 valence electrons. The standard InChI is InChI=1S/C5H8BrCl/c6-4-2-1-3-5-7/h1-2H,3-5H2. The van der Waals surface area contributed by atoms with Gasteiger partial charge in [0.1, 0.15) is 0 Å². The molecule has 0 fully saturated rings. The van der Waals surface area contributed by atoms with Gasteiger partial charge in [0.05, 0.1) is 0 Å². The quantitative estimate of drug-likeness (QED) is 0.466. The predicted molar refractivity (Wildman–Crippen MR) is 38.3 cm³/mol. The van der Waals surface area contributed by atoms with Gasteiger partial charge in [0.25, 0.3) is 0 Å². The van der Waals surface area contributed by atoms with Crippen LogP contribution in [-0.4, -0.2) is 11.2 Å². The number of alkyl halides is 2. The highest BCUT2D eigenvalue weighted by Crippen LogP contribution is 1.88. The third kappa shape index (κ3) is 6.51. The van der Waals surface area contributed by atoms with E-state index < -0.39 is 0 Å². The summed E-state index contributed by atoms with van der Waals surface area (Å²) in [5.74, 6) is 0.726. The van der Waals surface area contributed by atoms with Crippen LogP contribution in [0.5, 0.6) is 0 Å². The zero-order valence-electron chi connectivity index (χ0n) is 4.03. The molecule has 0 saturated carbocycles. The van der Waals surface area contributed by atoms with Crippen molar-refractivity contribution in [3.63, 3.8) is 0 Å². The van der Waals surface area contributed by atoms with Crippen molar-refractivity contribution in [1.82, 2.24) is 0 Å². The van der Waals surface area contributed by atoms with E-state index in [1.54, 1.807) is 0 Å². The first-order valence-corrected chi connectivity index (χ1v) is 3.84. The number of rotatable bonds is 3. The van der Waals surface area contributed by atoms with E-state index in [0.717, 1.165) is 17.6 Å². The molecule has 0 N–H and O–H groups in total. The smallest absolute Gasteiger partial charge is 0.0258 e. The van der Waals surface area contributed by atoms with Gasteiger partial charge in [-0.05, 0) is 6.42 Å². The molecule has 0 aliphatic carbocycles. The largest absolute Gasteiger partial charge is 0.126 e. The Labute approximate surface area is 57.7 Å². The van der Waals surface area contributed by atoms with Gasteiger partial charge in [-0.3, -0.25) is 0 Å². The average Bonchev–Trinajstić information content (AvgIpc) is 1.69. The van der Waals surface area contributed by atoms with E-state index in [-0.39, 0.29) is 0 Å². The Hall–Kier alpha value is 0.510. The van der Waals surface area contributed by atoms with E-state index in [9.17, 15) is 0 Å². The van der Waals surface area contributed by atoms with Crippen molar-refractivity contribution in [3.8, 4) is 0 Å². The highest BCUT2D eigenvalue weighted by atomic mass is 79.9. The molecule has 0 saturated heterocycles. The molecular formula is C5H8BrCl. The summed E-state index contributed by atoms with van der Waals surface area (Å²) in [6.07, 6.45) is 5.08. The van der Waals surface area contributed by atoms with Crippen molar-refractivity contribution in [1.29, 1.82) is 0 Å². The van der Waals surface area contributed by atoms with Crippen molar-refractivity contribution in [2.24, 2.45) is 0 Å². The van der Waals surface area contributed by atoms with Crippen molar-refractivity contribution >= 4 is 27.5 Å². The van der Waals surface area contributed by atoms with Gasteiger partial charge < -0.3 is 0 Å². The lowest BCUT2D eigenvalue weighted by molar-refractivity contribution is 1.23. The Morgan fingerprint density at radius 3 is 2.57 bits per heavy atom. The maximum absolute atomic E-state index is 5.37.